The molecule has 7 heteroatoms. The lowest BCUT2D eigenvalue weighted by Crippen LogP contribution is -2.60. The number of hydrogen-bond acceptors (Lipinski definition) is 5. The van der Waals surface area contributed by atoms with Crippen molar-refractivity contribution < 1.29 is 14.3 Å². The summed E-state index contributed by atoms with van der Waals surface area (Å²) in [7, 11) is 3.31. The van der Waals surface area contributed by atoms with Crippen molar-refractivity contribution in [2.24, 2.45) is 0 Å². The number of hydrogen-bond donors (Lipinski definition) is 0. The Bertz CT molecular complexity index is 691. The van der Waals surface area contributed by atoms with Crippen molar-refractivity contribution in [3.05, 3.63) is 28.7 Å². The van der Waals surface area contributed by atoms with Crippen LogP contribution in [0.2, 0.25) is 0 Å². The summed E-state index contributed by atoms with van der Waals surface area (Å²) in [6.45, 7) is 4.11. The largest absolute Gasteiger partial charge is 0.491 e. The number of carbonyl (C=O) groups excluding carboxylic acids is 1. The number of methoxy groups -OCH3 is 1. The van der Waals surface area contributed by atoms with Gasteiger partial charge in [0.05, 0.1) is 20.3 Å². The van der Waals surface area contributed by atoms with E-state index in [-0.39, 0.29) is 29.3 Å². The summed E-state index contributed by atoms with van der Waals surface area (Å²) in [5, 5.41) is 0. The molecule has 0 spiro atoms. The molecule has 0 unspecified atom stereocenters. The van der Waals surface area contributed by atoms with Gasteiger partial charge >= 0.3 is 0 Å². The molecule has 1 saturated heterocycles. The molecule has 0 aromatic carbocycles. The minimum Gasteiger partial charge on any atom is -0.491 e. The van der Waals surface area contributed by atoms with E-state index in [0.29, 0.717) is 6.54 Å². The van der Waals surface area contributed by atoms with Gasteiger partial charge in [0.2, 0.25) is 5.91 Å². The van der Waals surface area contributed by atoms with Crippen molar-refractivity contribution >= 4 is 5.91 Å². The van der Waals surface area contributed by atoms with Crippen molar-refractivity contribution in [3.63, 3.8) is 0 Å². The van der Waals surface area contributed by atoms with E-state index >= 15 is 0 Å². The fourth-order valence-electron chi connectivity index (χ4n) is 4.41. The highest BCUT2D eigenvalue weighted by Crippen LogP contribution is 2.35. The van der Waals surface area contributed by atoms with Gasteiger partial charge in [-0.3, -0.25) is 14.5 Å². The van der Waals surface area contributed by atoms with Crippen LogP contribution in [0.4, 0.5) is 0 Å². The SMILES string of the molecule is COc1cccn(CC(=O)N(C)CC2(N3CCOCC3)CCCCC2)c1=O. The molecule has 0 N–H and O–H groups in total. The van der Waals surface area contributed by atoms with Crippen molar-refractivity contribution in [3.8, 4) is 5.75 Å². The van der Waals surface area contributed by atoms with Crippen LogP contribution >= 0.6 is 0 Å². The van der Waals surface area contributed by atoms with E-state index in [1.54, 1.807) is 23.2 Å². The molecule has 2 fully saturated rings. The molecule has 150 valence electrons. The molecule has 2 aliphatic rings. The maximum atomic E-state index is 12.8. The van der Waals surface area contributed by atoms with Crippen LogP contribution in [0.25, 0.3) is 0 Å². The van der Waals surface area contributed by atoms with Gasteiger partial charge in [-0.05, 0) is 25.0 Å². The Kier molecular flexibility index (Phi) is 6.55. The zero-order valence-electron chi connectivity index (χ0n) is 16.5. The van der Waals surface area contributed by atoms with Crippen molar-refractivity contribution in [2.45, 2.75) is 44.2 Å². The van der Waals surface area contributed by atoms with Gasteiger partial charge in [0.1, 0.15) is 6.54 Å². The van der Waals surface area contributed by atoms with Gasteiger partial charge in [-0.1, -0.05) is 19.3 Å². The molecular weight excluding hydrogens is 346 g/mol. The van der Waals surface area contributed by atoms with Gasteiger partial charge in [-0.25, -0.2) is 0 Å². The summed E-state index contributed by atoms with van der Waals surface area (Å²) in [6, 6.07) is 3.34. The molecule has 1 aliphatic carbocycles. The van der Waals surface area contributed by atoms with Gasteiger partial charge < -0.3 is 18.9 Å². The molecule has 0 radical (unpaired) electrons. The van der Waals surface area contributed by atoms with Crippen molar-refractivity contribution in [2.75, 3.05) is 47.0 Å². The monoisotopic (exact) mass is 377 g/mol. The number of rotatable bonds is 6. The zero-order chi connectivity index (χ0) is 19.3. The Morgan fingerprint density at radius 3 is 2.63 bits per heavy atom. The van der Waals surface area contributed by atoms with Crippen LogP contribution < -0.4 is 10.3 Å². The maximum Gasteiger partial charge on any atom is 0.293 e. The van der Waals surface area contributed by atoms with Gasteiger partial charge in [0, 0.05) is 38.4 Å². The normalized spacial score (nSPS) is 20.2. The second-order valence-corrected chi connectivity index (χ2v) is 7.64. The number of carbonyl (C=O) groups is 1. The van der Waals surface area contributed by atoms with Gasteiger partial charge in [0.15, 0.2) is 5.75 Å². The van der Waals surface area contributed by atoms with Gasteiger partial charge in [0.25, 0.3) is 5.56 Å². The van der Waals surface area contributed by atoms with E-state index in [1.807, 2.05) is 7.05 Å². The quantitative estimate of drug-likeness (QED) is 0.749. The molecule has 1 aromatic heterocycles. The summed E-state index contributed by atoms with van der Waals surface area (Å²) < 4.78 is 12.0. The third-order valence-electron chi connectivity index (χ3n) is 5.93. The van der Waals surface area contributed by atoms with Gasteiger partial charge in [-0.2, -0.15) is 0 Å². The van der Waals surface area contributed by atoms with E-state index in [9.17, 15) is 9.59 Å². The zero-order valence-corrected chi connectivity index (χ0v) is 16.5. The number of likely N-dealkylation sites (N-methyl/N-ethyl adjacent to an activating group) is 1. The summed E-state index contributed by atoms with van der Waals surface area (Å²) in [5.74, 6) is 0.202. The summed E-state index contributed by atoms with van der Waals surface area (Å²) in [4.78, 5) is 29.5. The summed E-state index contributed by atoms with van der Waals surface area (Å²) in [6.07, 6.45) is 7.54. The second kappa shape index (κ2) is 8.89. The van der Waals surface area contributed by atoms with Crippen molar-refractivity contribution in [1.29, 1.82) is 0 Å². The lowest BCUT2D eigenvalue weighted by Gasteiger charge is -2.49. The topological polar surface area (TPSA) is 64.0 Å². The van der Waals surface area contributed by atoms with Gasteiger partial charge in [-0.15, -0.1) is 0 Å². The Labute approximate surface area is 160 Å². The predicted octanol–water partition coefficient (Wildman–Crippen LogP) is 1.35. The number of morpholine rings is 1. The van der Waals surface area contributed by atoms with Crippen LogP contribution in [0.5, 0.6) is 5.75 Å². The van der Waals surface area contributed by atoms with E-state index in [4.69, 9.17) is 9.47 Å². The van der Waals surface area contributed by atoms with Crippen LogP contribution in [0, 0.1) is 0 Å². The first kappa shape index (κ1) is 19.9. The fraction of sp³-hybridized carbons (Fsp3) is 0.700. The molecule has 1 saturated carbocycles. The molecule has 1 aliphatic heterocycles. The number of nitrogens with zero attached hydrogens (tertiary/aromatic N) is 3. The first-order valence-corrected chi connectivity index (χ1v) is 9.86. The third kappa shape index (κ3) is 4.52. The summed E-state index contributed by atoms with van der Waals surface area (Å²) >= 11 is 0. The lowest BCUT2D eigenvalue weighted by molar-refractivity contribution is -0.134. The minimum absolute atomic E-state index is 0.0335. The predicted molar refractivity (Wildman–Crippen MR) is 103 cm³/mol. The van der Waals surface area contributed by atoms with E-state index < -0.39 is 0 Å². The second-order valence-electron chi connectivity index (χ2n) is 7.64. The third-order valence-corrected chi connectivity index (χ3v) is 5.93. The van der Waals surface area contributed by atoms with E-state index in [0.717, 1.165) is 39.1 Å². The Morgan fingerprint density at radius 2 is 1.96 bits per heavy atom. The van der Waals surface area contributed by atoms with Crippen LogP contribution in [0.1, 0.15) is 32.1 Å². The highest BCUT2D eigenvalue weighted by molar-refractivity contribution is 5.75. The Hall–Kier alpha value is -1.86. The molecular formula is C20H31N3O4. The van der Waals surface area contributed by atoms with Crippen molar-refractivity contribution in [1.82, 2.24) is 14.4 Å². The van der Waals surface area contributed by atoms with Crippen LogP contribution in [0.3, 0.4) is 0 Å². The van der Waals surface area contributed by atoms with E-state index in [1.165, 1.54) is 30.9 Å². The molecule has 2 heterocycles. The fourth-order valence-corrected chi connectivity index (χ4v) is 4.41. The first-order chi connectivity index (χ1) is 13.1. The molecule has 1 aromatic rings. The van der Waals surface area contributed by atoms with Crippen LogP contribution in [-0.4, -0.2) is 72.8 Å². The highest BCUT2D eigenvalue weighted by atomic mass is 16.5. The maximum absolute atomic E-state index is 12.8. The van der Waals surface area contributed by atoms with E-state index in [2.05, 4.69) is 4.90 Å². The molecule has 3 rings (SSSR count). The Morgan fingerprint density at radius 1 is 1.26 bits per heavy atom. The highest BCUT2D eigenvalue weighted by Gasteiger charge is 2.40. The standard InChI is InChI=1S/C20H31N3O4/c1-21(18(24)15-22-10-6-7-17(26-2)19(22)25)16-20(8-4-3-5-9-20)23-11-13-27-14-12-23/h6-7,10H,3-5,8-9,11-16H2,1-2H3. The van der Waals surface area contributed by atoms with Crippen LogP contribution in [-0.2, 0) is 16.1 Å². The lowest BCUT2D eigenvalue weighted by atomic mass is 9.79. The molecule has 1 amide bonds. The van der Waals surface area contributed by atoms with Crippen LogP contribution in [0.15, 0.2) is 23.1 Å². The minimum atomic E-state index is -0.276. The average Bonchev–Trinajstić information content (AvgIpc) is 2.71. The number of ether oxygens (including phenoxy) is 2. The molecule has 0 bridgehead atoms. The average molecular weight is 377 g/mol. The smallest absolute Gasteiger partial charge is 0.293 e. The molecule has 27 heavy (non-hydrogen) atoms. The first-order valence-electron chi connectivity index (χ1n) is 9.86. The number of aromatic nitrogens is 1. The molecule has 0 atom stereocenters. The number of amides is 1. The Balaban J connectivity index is 1.70. The number of pyridine rings is 1. The molecule has 7 nitrogen and oxygen atoms in total. The summed E-state index contributed by atoms with van der Waals surface area (Å²) in [5.41, 5.74) is -0.242.